The number of carbonyl (C=O) groups is 1. The highest BCUT2D eigenvalue weighted by molar-refractivity contribution is 6.32. The summed E-state index contributed by atoms with van der Waals surface area (Å²) in [6.45, 7) is 3.01. The van der Waals surface area contributed by atoms with Gasteiger partial charge in [-0.25, -0.2) is 4.39 Å². The fraction of sp³-hybridized carbons (Fsp3) is 0.375. The molecule has 3 rings (SSSR count). The first-order chi connectivity index (χ1) is 11.0. The lowest BCUT2D eigenvalue weighted by atomic mass is 10.0. The Kier molecular flexibility index (Phi) is 4.37. The molecule has 0 radical (unpaired) electrons. The Morgan fingerprint density at radius 2 is 2.26 bits per heavy atom. The summed E-state index contributed by atoms with van der Waals surface area (Å²) in [6.07, 6.45) is 1.33. The molecule has 0 N–H and O–H groups in total. The molecule has 1 aliphatic heterocycles. The van der Waals surface area contributed by atoms with Gasteiger partial charge in [0.15, 0.2) is 5.15 Å². The zero-order valence-electron chi connectivity index (χ0n) is 12.9. The molecule has 2 heterocycles. The van der Waals surface area contributed by atoms with Crippen molar-refractivity contribution in [1.82, 2.24) is 14.7 Å². The van der Waals surface area contributed by atoms with E-state index in [0.717, 1.165) is 5.56 Å². The van der Waals surface area contributed by atoms with Crippen molar-refractivity contribution < 1.29 is 13.9 Å². The maximum absolute atomic E-state index is 13.4. The Hall–Kier alpha value is -1.92. The first-order valence-corrected chi connectivity index (χ1v) is 7.69. The second-order valence-electron chi connectivity index (χ2n) is 5.63. The van der Waals surface area contributed by atoms with Gasteiger partial charge >= 0.3 is 0 Å². The second-order valence-corrected chi connectivity index (χ2v) is 5.98. The summed E-state index contributed by atoms with van der Waals surface area (Å²) in [4.78, 5) is 14.3. The Balaban J connectivity index is 1.79. The van der Waals surface area contributed by atoms with E-state index in [4.69, 9.17) is 16.3 Å². The number of hydrogen-bond donors (Lipinski definition) is 0. The van der Waals surface area contributed by atoms with Crippen LogP contribution in [-0.2, 0) is 11.8 Å². The normalized spacial score (nSPS) is 18.3. The molecule has 1 aromatic carbocycles. The van der Waals surface area contributed by atoms with Crippen LogP contribution in [0.2, 0.25) is 5.15 Å². The van der Waals surface area contributed by atoms with Gasteiger partial charge in [0.1, 0.15) is 11.9 Å². The molecule has 1 atom stereocenters. The van der Waals surface area contributed by atoms with E-state index < -0.39 is 0 Å². The van der Waals surface area contributed by atoms with Crippen molar-refractivity contribution in [2.45, 2.75) is 13.0 Å². The van der Waals surface area contributed by atoms with Crippen LogP contribution in [0, 0.1) is 12.7 Å². The average Bonchev–Trinajstić information content (AvgIpc) is 2.88. The number of hydrogen-bond acceptors (Lipinski definition) is 3. The number of ether oxygens (including phenoxy) is 1. The molecule has 0 spiro atoms. The summed E-state index contributed by atoms with van der Waals surface area (Å²) < 4.78 is 20.7. The van der Waals surface area contributed by atoms with Gasteiger partial charge in [-0.2, -0.15) is 5.10 Å². The minimum Gasteiger partial charge on any atom is -0.370 e. The number of aromatic nitrogens is 2. The van der Waals surface area contributed by atoms with E-state index in [1.165, 1.54) is 10.7 Å². The van der Waals surface area contributed by atoms with Crippen LogP contribution in [0.3, 0.4) is 0 Å². The van der Waals surface area contributed by atoms with Crippen LogP contribution in [0.5, 0.6) is 0 Å². The smallest absolute Gasteiger partial charge is 0.258 e. The first-order valence-electron chi connectivity index (χ1n) is 7.32. The van der Waals surface area contributed by atoms with Gasteiger partial charge in [-0.15, -0.1) is 0 Å². The predicted octanol–water partition coefficient (Wildman–Crippen LogP) is 2.73. The van der Waals surface area contributed by atoms with Crippen LogP contribution >= 0.6 is 11.6 Å². The Morgan fingerprint density at radius 3 is 2.91 bits per heavy atom. The van der Waals surface area contributed by atoms with Crippen LogP contribution in [0.15, 0.2) is 24.4 Å². The minimum atomic E-state index is -0.276. The number of morpholine rings is 1. The predicted molar refractivity (Wildman–Crippen MR) is 84.0 cm³/mol. The van der Waals surface area contributed by atoms with E-state index in [2.05, 4.69) is 5.10 Å². The topological polar surface area (TPSA) is 47.4 Å². The van der Waals surface area contributed by atoms with Gasteiger partial charge in [-0.1, -0.05) is 23.7 Å². The molecule has 7 heteroatoms. The van der Waals surface area contributed by atoms with Gasteiger partial charge in [-0.05, 0) is 24.1 Å². The highest BCUT2D eigenvalue weighted by Crippen LogP contribution is 2.26. The fourth-order valence-electron chi connectivity index (χ4n) is 2.68. The molecule has 0 saturated carbocycles. The van der Waals surface area contributed by atoms with Crippen molar-refractivity contribution in [3.63, 3.8) is 0 Å². The molecule has 2 aromatic rings. The second kappa shape index (κ2) is 6.29. The van der Waals surface area contributed by atoms with Crippen molar-refractivity contribution in [1.29, 1.82) is 0 Å². The van der Waals surface area contributed by atoms with Gasteiger partial charge < -0.3 is 9.64 Å². The van der Waals surface area contributed by atoms with Crippen molar-refractivity contribution in [2.24, 2.45) is 7.05 Å². The summed E-state index contributed by atoms with van der Waals surface area (Å²) in [5.74, 6) is -0.421. The summed E-state index contributed by atoms with van der Waals surface area (Å²) in [7, 11) is 1.71. The molecule has 1 aliphatic rings. The van der Waals surface area contributed by atoms with Crippen molar-refractivity contribution in [3.05, 3.63) is 52.1 Å². The van der Waals surface area contributed by atoms with Crippen molar-refractivity contribution in [2.75, 3.05) is 19.7 Å². The minimum absolute atomic E-state index is 0.171. The van der Waals surface area contributed by atoms with Crippen LogP contribution in [0.1, 0.15) is 27.6 Å². The maximum Gasteiger partial charge on any atom is 0.258 e. The molecule has 122 valence electrons. The van der Waals surface area contributed by atoms with Gasteiger partial charge in [0.25, 0.3) is 5.91 Å². The van der Waals surface area contributed by atoms with Gasteiger partial charge in [-0.3, -0.25) is 9.48 Å². The highest BCUT2D eigenvalue weighted by Gasteiger charge is 2.28. The summed E-state index contributed by atoms with van der Waals surface area (Å²) in [5.41, 5.74) is 1.80. The lowest BCUT2D eigenvalue weighted by Crippen LogP contribution is -2.42. The van der Waals surface area contributed by atoms with E-state index in [0.29, 0.717) is 30.8 Å². The Morgan fingerprint density at radius 1 is 1.48 bits per heavy atom. The number of halogens is 2. The van der Waals surface area contributed by atoms with E-state index >= 15 is 0 Å². The van der Waals surface area contributed by atoms with E-state index in [9.17, 15) is 9.18 Å². The molecule has 1 unspecified atom stereocenters. The Labute approximate surface area is 138 Å². The molecule has 1 saturated heterocycles. The molecule has 23 heavy (non-hydrogen) atoms. The van der Waals surface area contributed by atoms with Gasteiger partial charge in [0.2, 0.25) is 0 Å². The SMILES string of the molecule is Cc1cc(C2CN(C(=O)c3cn(C)nc3Cl)CCO2)ccc1F. The molecule has 1 aromatic heterocycles. The molecular weight excluding hydrogens is 321 g/mol. The number of nitrogens with zero attached hydrogens (tertiary/aromatic N) is 3. The first kappa shape index (κ1) is 16.0. The quantitative estimate of drug-likeness (QED) is 0.846. The number of amides is 1. The standard InChI is InChI=1S/C16H17ClFN3O2/c1-10-7-11(3-4-13(10)18)14-9-21(5-6-23-14)16(22)12-8-20(2)19-15(12)17/h3-4,7-8,14H,5-6,9H2,1-2H3. The fourth-order valence-corrected chi connectivity index (χ4v) is 2.93. The summed E-state index contributed by atoms with van der Waals surface area (Å²) in [5, 5.41) is 4.18. The number of aryl methyl sites for hydroxylation is 2. The maximum atomic E-state index is 13.4. The van der Waals surface area contributed by atoms with Crippen LogP contribution < -0.4 is 0 Å². The lowest BCUT2D eigenvalue weighted by Gasteiger charge is -2.33. The molecule has 1 fully saturated rings. The third-order valence-corrected chi connectivity index (χ3v) is 4.20. The molecular formula is C16H17ClFN3O2. The number of benzene rings is 1. The molecule has 0 bridgehead atoms. The molecule has 5 nitrogen and oxygen atoms in total. The third-order valence-electron chi connectivity index (χ3n) is 3.92. The van der Waals surface area contributed by atoms with Gasteiger partial charge in [0.05, 0.1) is 18.7 Å². The largest absolute Gasteiger partial charge is 0.370 e. The van der Waals surface area contributed by atoms with Crippen molar-refractivity contribution >= 4 is 17.5 Å². The van der Waals surface area contributed by atoms with Gasteiger partial charge in [0, 0.05) is 19.8 Å². The number of rotatable bonds is 2. The summed E-state index contributed by atoms with van der Waals surface area (Å²) in [6, 6.07) is 4.87. The molecule has 1 amide bonds. The zero-order valence-corrected chi connectivity index (χ0v) is 13.7. The average molecular weight is 338 g/mol. The number of carbonyl (C=O) groups excluding carboxylic acids is 1. The zero-order chi connectivity index (χ0) is 16.6. The van der Waals surface area contributed by atoms with E-state index in [-0.39, 0.29) is 23.0 Å². The summed E-state index contributed by atoms with van der Waals surface area (Å²) >= 11 is 6.00. The monoisotopic (exact) mass is 337 g/mol. The van der Waals surface area contributed by atoms with Crippen LogP contribution in [0.4, 0.5) is 4.39 Å². The lowest BCUT2D eigenvalue weighted by molar-refractivity contribution is -0.0228. The van der Waals surface area contributed by atoms with E-state index in [1.807, 2.05) is 0 Å². The third kappa shape index (κ3) is 3.23. The van der Waals surface area contributed by atoms with Crippen molar-refractivity contribution in [3.8, 4) is 0 Å². The molecule has 0 aliphatic carbocycles. The van der Waals surface area contributed by atoms with E-state index in [1.54, 1.807) is 37.2 Å². The Bertz CT molecular complexity index is 747. The highest BCUT2D eigenvalue weighted by atomic mass is 35.5. The van der Waals surface area contributed by atoms with Crippen LogP contribution in [0.25, 0.3) is 0 Å². The van der Waals surface area contributed by atoms with Crippen LogP contribution in [-0.4, -0.2) is 40.3 Å².